The molecule has 0 atom stereocenters. The topological polar surface area (TPSA) is 12.9 Å². The van der Waals surface area contributed by atoms with Crippen molar-refractivity contribution >= 4 is 34.5 Å². The lowest BCUT2D eigenvalue weighted by Crippen LogP contribution is -1.86. The van der Waals surface area contributed by atoms with E-state index in [0.29, 0.717) is 10.0 Å². The van der Waals surface area contributed by atoms with Gasteiger partial charge in [0.1, 0.15) is 0 Å². The van der Waals surface area contributed by atoms with E-state index in [-0.39, 0.29) is 0 Å². The standard InChI is InChI=1S/C10H7Cl2NS/c11-8-2-1-7(5-9(8)12)6-10-13-3-4-14-10/h1-5H,6H2. The van der Waals surface area contributed by atoms with Crippen molar-refractivity contribution in [2.75, 3.05) is 0 Å². The summed E-state index contributed by atoms with van der Waals surface area (Å²) in [6.07, 6.45) is 2.62. The van der Waals surface area contributed by atoms with Gasteiger partial charge in [-0.2, -0.15) is 0 Å². The molecule has 2 aromatic rings. The minimum Gasteiger partial charge on any atom is -0.249 e. The summed E-state index contributed by atoms with van der Waals surface area (Å²) in [5.41, 5.74) is 1.13. The third-order valence-electron chi connectivity index (χ3n) is 1.82. The number of nitrogens with zero attached hydrogens (tertiary/aromatic N) is 1. The highest BCUT2D eigenvalue weighted by atomic mass is 35.5. The summed E-state index contributed by atoms with van der Waals surface area (Å²) < 4.78 is 0. The van der Waals surface area contributed by atoms with Crippen molar-refractivity contribution in [1.29, 1.82) is 0 Å². The zero-order valence-corrected chi connectivity index (χ0v) is 9.53. The second-order valence-corrected chi connectivity index (χ2v) is 4.64. The molecule has 2 rings (SSSR count). The van der Waals surface area contributed by atoms with Gasteiger partial charge in [0.05, 0.1) is 15.1 Å². The summed E-state index contributed by atoms with van der Waals surface area (Å²) in [6, 6.07) is 5.66. The van der Waals surface area contributed by atoms with Gasteiger partial charge in [-0.15, -0.1) is 11.3 Å². The molecule has 0 aliphatic carbocycles. The normalized spacial score (nSPS) is 10.4. The molecule has 1 aromatic carbocycles. The van der Waals surface area contributed by atoms with E-state index in [1.54, 1.807) is 17.5 Å². The van der Waals surface area contributed by atoms with E-state index < -0.39 is 0 Å². The van der Waals surface area contributed by atoms with E-state index in [1.807, 2.05) is 23.6 Å². The predicted octanol–water partition coefficient (Wildman–Crippen LogP) is 4.04. The second kappa shape index (κ2) is 4.30. The third-order valence-corrected chi connectivity index (χ3v) is 3.34. The summed E-state index contributed by atoms with van der Waals surface area (Å²) in [7, 11) is 0. The molecule has 0 saturated carbocycles. The van der Waals surface area contributed by atoms with Crippen LogP contribution in [0.1, 0.15) is 10.6 Å². The maximum atomic E-state index is 5.91. The van der Waals surface area contributed by atoms with Gasteiger partial charge in [-0.3, -0.25) is 0 Å². The van der Waals surface area contributed by atoms with Crippen molar-refractivity contribution in [1.82, 2.24) is 4.98 Å². The fourth-order valence-electron chi connectivity index (χ4n) is 1.16. The number of rotatable bonds is 2. The SMILES string of the molecule is Clc1ccc(Cc2nccs2)cc1Cl. The number of benzene rings is 1. The van der Waals surface area contributed by atoms with Crippen molar-refractivity contribution in [2.24, 2.45) is 0 Å². The van der Waals surface area contributed by atoms with Crippen LogP contribution in [0, 0.1) is 0 Å². The van der Waals surface area contributed by atoms with Crippen LogP contribution in [0.3, 0.4) is 0 Å². The van der Waals surface area contributed by atoms with Gasteiger partial charge in [-0.1, -0.05) is 29.3 Å². The molecule has 14 heavy (non-hydrogen) atoms. The fraction of sp³-hybridized carbons (Fsp3) is 0.100. The Morgan fingerprint density at radius 3 is 2.71 bits per heavy atom. The van der Waals surface area contributed by atoms with Gasteiger partial charge in [0.15, 0.2) is 0 Å². The molecule has 0 saturated heterocycles. The van der Waals surface area contributed by atoms with E-state index in [1.165, 1.54) is 0 Å². The number of thiazole rings is 1. The van der Waals surface area contributed by atoms with E-state index in [4.69, 9.17) is 23.2 Å². The Hall–Kier alpha value is -0.570. The minimum atomic E-state index is 0.592. The van der Waals surface area contributed by atoms with Crippen LogP contribution in [0.15, 0.2) is 29.8 Å². The monoisotopic (exact) mass is 243 g/mol. The average molecular weight is 244 g/mol. The van der Waals surface area contributed by atoms with Crippen molar-refractivity contribution in [3.8, 4) is 0 Å². The molecule has 0 aliphatic heterocycles. The lowest BCUT2D eigenvalue weighted by molar-refractivity contribution is 1.14. The van der Waals surface area contributed by atoms with Gasteiger partial charge in [-0.25, -0.2) is 4.98 Å². The summed E-state index contributed by atoms with van der Waals surface area (Å²) in [4.78, 5) is 4.21. The summed E-state index contributed by atoms with van der Waals surface area (Å²) >= 11 is 13.4. The molecule has 0 unspecified atom stereocenters. The molecule has 0 N–H and O–H groups in total. The first-order valence-corrected chi connectivity index (χ1v) is 5.71. The van der Waals surface area contributed by atoms with Crippen LogP contribution < -0.4 is 0 Å². The lowest BCUT2D eigenvalue weighted by Gasteiger charge is -2.00. The number of aromatic nitrogens is 1. The molecule has 0 bridgehead atoms. The maximum absolute atomic E-state index is 5.91. The zero-order valence-electron chi connectivity index (χ0n) is 7.21. The van der Waals surface area contributed by atoms with Crippen LogP contribution in [0.2, 0.25) is 10.0 Å². The smallest absolute Gasteiger partial charge is 0.0968 e. The third kappa shape index (κ3) is 2.27. The average Bonchev–Trinajstić information content (AvgIpc) is 2.64. The molecule has 1 aromatic heterocycles. The molecule has 1 nitrogen and oxygen atoms in total. The first-order valence-electron chi connectivity index (χ1n) is 4.08. The maximum Gasteiger partial charge on any atom is 0.0968 e. The largest absolute Gasteiger partial charge is 0.249 e. The van der Waals surface area contributed by atoms with E-state index in [9.17, 15) is 0 Å². The molecule has 0 spiro atoms. The summed E-state index contributed by atoms with van der Waals surface area (Å²) in [5.74, 6) is 0. The second-order valence-electron chi connectivity index (χ2n) is 2.85. The minimum absolute atomic E-state index is 0.592. The molecule has 72 valence electrons. The highest BCUT2D eigenvalue weighted by Gasteiger charge is 2.01. The highest BCUT2D eigenvalue weighted by molar-refractivity contribution is 7.09. The quantitative estimate of drug-likeness (QED) is 0.776. The Kier molecular flexibility index (Phi) is 3.06. The Morgan fingerprint density at radius 2 is 2.07 bits per heavy atom. The molecule has 0 fully saturated rings. The number of halogens is 2. The summed E-state index contributed by atoms with van der Waals surface area (Å²) in [6.45, 7) is 0. The highest BCUT2D eigenvalue weighted by Crippen LogP contribution is 2.24. The van der Waals surface area contributed by atoms with Gasteiger partial charge in [0, 0.05) is 18.0 Å². The van der Waals surface area contributed by atoms with Crippen LogP contribution in [-0.4, -0.2) is 4.98 Å². The predicted molar refractivity (Wildman–Crippen MR) is 61.4 cm³/mol. The van der Waals surface area contributed by atoms with Crippen molar-refractivity contribution in [3.05, 3.63) is 50.4 Å². The zero-order chi connectivity index (χ0) is 9.97. The van der Waals surface area contributed by atoms with Crippen LogP contribution in [0.25, 0.3) is 0 Å². The van der Waals surface area contributed by atoms with E-state index in [0.717, 1.165) is 17.0 Å². The molecule has 0 radical (unpaired) electrons. The van der Waals surface area contributed by atoms with Crippen LogP contribution in [-0.2, 0) is 6.42 Å². The molecule has 1 heterocycles. The Labute approximate surface area is 96.3 Å². The van der Waals surface area contributed by atoms with Gasteiger partial charge < -0.3 is 0 Å². The molecule has 4 heteroatoms. The van der Waals surface area contributed by atoms with Crippen molar-refractivity contribution in [2.45, 2.75) is 6.42 Å². The van der Waals surface area contributed by atoms with Gasteiger partial charge >= 0.3 is 0 Å². The van der Waals surface area contributed by atoms with Gasteiger partial charge in [0.25, 0.3) is 0 Å². The van der Waals surface area contributed by atoms with Crippen molar-refractivity contribution in [3.63, 3.8) is 0 Å². The fourth-order valence-corrected chi connectivity index (χ4v) is 2.14. The molecular formula is C10H7Cl2NS. The molecule has 0 amide bonds. The van der Waals surface area contributed by atoms with Crippen LogP contribution in [0.5, 0.6) is 0 Å². The first-order chi connectivity index (χ1) is 6.75. The Morgan fingerprint density at radius 1 is 1.21 bits per heavy atom. The Bertz CT molecular complexity index is 426. The van der Waals surface area contributed by atoms with Crippen LogP contribution in [0.4, 0.5) is 0 Å². The van der Waals surface area contributed by atoms with Gasteiger partial charge in [0.2, 0.25) is 0 Å². The van der Waals surface area contributed by atoms with Gasteiger partial charge in [-0.05, 0) is 17.7 Å². The molecular weight excluding hydrogens is 237 g/mol. The summed E-state index contributed by atoms with van der Waals surface area (Å²) in [5, 5.41) is 4.24. The van der Waals surface area contributed by atoms with E-state index >= 15 is 0 Å². The van der Waals surface area contributed by atoms with Crippen molar-refractivity contribution < 1.29 is 0 Å². The first kappa shape index (κ1) is 9.97. The van der Waals surface area contributed by atoms with Crippen LogP contribution >= 0.6 is 34.5 Å². The molecule has 0 aliphatic rings. The Balaban J connectivity index is 2.22. The number of hydrogen-bond donors (Lipinski definition) is 0. The van der Waals surface area contributed by atoms with E-state index in [2.05, 4.69) is 4.98 Å². The lowest BCUT2D eigenvalue weighted by atomic mass is 10.2. The number of hydrogen-bond acceptors (Lipinski definition) is 2.